The van der Waals surface area contributed by atoms with Crippen LogP contribution in [0.25, 0.3) is 100 Å². The molecule has 4 heterocycles. The standard InChI is InChI=1S/C52H38N4S2/c1-51(2,3)42-37(28-53)45(55-38-20-12-8-16-29(38)33-24-26-35-31-18-10-14-22-40(31)57-49(35)46(33)55)43(52(4,5)6)48(44(42)54-7)56-39-21-13-9-17-30(39)34-25-27-36-32-19-11-15-23-41(32)58-50(36)47(34)56/h8-27H,1-6H3. The van der Waals surface area contributed by atoms with E-state index in [1.807, 2.05) is 22.7 Å². The predicted molar refractivity (Wildman–Crippen MR) is 249 cm³/mol. The molecule has 6 heteroatoms. The summed E-state index contributed by atoms with van der Waals surface area (Å²) in [7, 11) is 0. The van der Waals surface area contributed by atoms with Gasteiger partial charge in [0, 0.05) is 52.5 Å². The van der Waals surface area contributed by atoms with Crippen molar-refractivity contribution in [1.82, 2.24) is 9.13 Å². The molecule has 0 spiro atoms. The van der Waals surface area contributed by atoms with E-state index >= 15 is 0 Å². The molecular weight excluding hydrogens is 745 g/mol. The zero-order valence-electron chi connectivity index (χ0n) is 33.2. The average molecular weight is 783 g/mol. The Morgan fingerprint density at radius 1 is 0.500 bits per heavy atom. The number of hydrogen-bond acceptors (Lipinski definition) is 3. The van der Waals surface area contributed by atoms with Crippen LogP contribution in [-0.2, 0) is 10.8 Å². The van der Waals surface area contributed by atoms with E-state index in [2.05, 4.69) is 183 Å². The second-order valence-electron chi connectivity index (χ2n) is 17.5. The van der Waals surface area contributed by atoms with Crippen LogP contribution in [0, 0.1) is 17.9 Å². The van der Waals surface area contributed by atoms with Gasteiger partial charge in [0.1, 0.15) is 6.07 Å². The van der Waals surface area contributed by atoms with E-state index in [1.165, 1.54) is 40.3 Å². The fourth-order valence-corrected chi connectivity index (χ4v) is 12.2. The summed E-state index contributed by atoms with van der Waals surface area (Å²) in [4.78, 5) is 4.51. The highest BCUT2D eigenvalue weighted by molar-refractivity contribution is 7.27. The van der Waals surface area contributed by atoms with Gasteiger partial charge in [-0.3, -0.25) is 0 Å². The SMILES string of the molecule is [C-]#[N+]c1c(-n2c3ccccc3c3ccc4c5ccccc5sc4c32)c(C(C)(C)C)c(-n2c3ccccc3c3ccc4c5ccccc5sc4c32)c(C#N)c1C(C)(C)C. The van der Waals surface area contributed by atoms with Crippen molar-refractivity contribution in [3.8, 4) is 17.4 Å². The van der Waals surface area contributed by atoms with E-state index in [1.54, 1.807) is 0 Å². The van der Waals surface area contributed by atoms with Crippen molar-refractivity contribution in [2.75, 3.05) is 0 Å². The number of nitriles is 1. The number of thiophene rings is 2. The second-order valence-corrected chi connectivity index (χ2v) is 19.6. The number of hydrogen-bond donors (Lipinski definition) is 0. The summed E-state index contributed by atoms with van der Waals surface area (Å²) in [6, 6.07) is 46.4. The summed E-state index contributed by atoms with van der Waals surface area (Å²) >= 11 is 3.63. The molecule has 0 saturated carbocycles. The van der Waals surface area contributed by atoms with Crippen LogP contribution in [0.5, 0.6) is 0 Å². The molecule has 0 unspecified atom stereocenters. The normalized spacial score (nSPS) is 12.6. The van der Waals surface area contributed by atoms with Crippen molar-refractivity contribution in [3.63, 3.8) is 0 Å². The van der Waals surface area contributed by atoms with E-state index in [-0.39, 0.29) is 0 Å². The van der Waals surface area contributed by atoms with Crippen molar-refractivity contribution >= 4 is 112 Å². The summed E-state index contributed by atoms with van der Waals surface area (Å²) in [6.07, 6.45) is 0. The second kappa shape index (κ2) is 12.0. The minimum absolute atomic E-state index is 0.524. The van der Waals surface area contributed by atoms with Crippen molar-refractivity contribution in [2.24, 2.45) is 0 Å². The van der Waals surface area contributed by atoms with E-state index in [4.69, 9.17) is 6.57 Å². The van der Waals surface area contributed by atoms with Gasteiger partial charge in [-0.2, -0.15) is 5.26 Å². The van der Waals surface area contributed by atoms with Gasteiger partial charge in [-0.1, -0.05) is 139 Å². The van der Waals surface area contributed by atoms with Gasteiger partial charge in [0.2, 0.25) is 5.69 Å². The molecule has 7 aromatic carbocycles. The molecule has 278 valence electrons. The summed E-state index contributed by atoms with van der Waals surface area (Å²) in [5.74, 6) is 0. The van der Waals surface area contributed by atoms with Crippen LogP contribution in [0.15, 0.2) is 121 Å². The van der Waals surface area contributed by atoms with Crippen molar-refractivity contribution < 1.29 is 0 Å². The Morgan fingerprint density at radius 3 is 1.36 bits per heavy atom. The molecular formula is C52H38N4S2. The lowest BCUT2D eigenvalue weighted by molar-refractivity contribution is 0.573. The molecule has 11 rings (SSSR count). The molecule has 4 nitrogen and oxygen atoms in total. The zero-order chi connectivity index (χ0) is 39.8. The van der Waals surface area contributed by atoms with Gasteiger partial charge in [-0.25, -0.2) is 4.85 Å². The third-order valence-corrected chi connectivity index (χ3v) is 14.3. The first-order chi connectivity index (χ1) is 28.0. The molecule has 0 fully saturated rings. The third-order valence-electron chi connectivity index (χ3n) is 12.0. The quantitative estimate of drug-likeness (QED) is 0.161. The van der Waals surface area contributed by atoms with Crippen LogP contribution < -0.4 is 0 Å². The number of aromatic nitrogens is 2. The summed E-state index contributed by atoms with van der Waals surface area (Å²) in [5.41, 5.74) is 7.74. The van der Waals surface area contributed by atoms with Crippen LogP contribution in [0.3, 0.4) is 0 Å². The molecule has 0 amide bonds. The molecule has 11 aromatic rings. The smallest absolute Gasteiger partial charge is 0.216 e. The molecule has 0 N–H and O–H groups in total. The highest BCUT2D eigenvalue weighted by atomic mass is 32.1. The van der Waals surface area contributed by atoms with Crippen LogP contribution in [-0.4, -0.2) is 9.13 Å². The van der Waals surface area contributed by atoms with Gasteiger partial charge in [-0.05, 0) is 46.2 Å². The topological polar surface area (TPSA) is 38.0 Å². The molecule has 0 bridgehead atoms. The Balaban J connectivity index is 1.46. The van der Waals surface area contributed by atoms with Crippen LogP contribution >= 0.6 is 22.7 Å². The monoisotopic (exact) mass is 782 g/mol. The molecule has 0 aliphatic rings. The molecule has 0 atom stereocenters. The first-order valence-electron chi connectivity index (χ1n) is 19.7. The van der Waals surface area contributed by atoms with E-state index in [0.717, 1.165) is 66.1 Å². The largest absolute Gasteiger partial charge is 0.317 e. The number of fused-ring (bicyclic) bond motifs is 14. The molecule has 58 heavy (non-hydrogen) atoms. The fourth-order valence-electron chi connectivity index (χ4n) is 9.74. The van der Waals surface area contributed by atoms with Crippen molar-refractivity contribution in [1.29, 1.82) is 5.26 Å². The maximum absolute atomic E-state index is 11.7. The number of para-hydroxylation sites is 2. The van der Waals surface area contributed by atoms with Crippen LogP contribution in [0.4, 0.5) is 5.69 Å². The van der Waals surface area contributed by atoms with Gasteiger partial charge >= 0.3 is 0 Å². The van der Waals surface area contributed by atoms with Crippen LogP contribution in [0.2, 0.25) is 0 Å². The van der Waals surface area contributed by atoms with E-state index in [9.17, 15) is 5.26 Å². The fraction of sp³-hybridized carbons (Fsp3) is 0.154. The molecule has 0 aliphatic heterocycles. The van der Waals surface area contributed by atoms with Crippen LogP contribution in [0.1, 0.15) is 58.2 Å². The minimum atomic E-state index is -0.553. The Kier molecular flexibility index (Phi) is 7.22. The predicted octanol–water partition coefficient (Wildman–Crippen LogP) is 15.6. The zero-order valence-corrected chi connectivity index (χ0v) is 34.8. The first-order valence-corrected chi connectivity index (χ1v) is 21.3. The lowest BCUT2D eigenvalue weighted by Gasteiger charge is -2.34. The molecule has 0 aliphatic carbocycles. The molecule has 0 saturated heterocycles. The molecule has 0 radical (unpaired) electrons. The number of benzene rings is 7. The Labute approximate surface area is 344 Å². The highest BCUT2D eigenvalue weighted by Crippen LogP contribution is 2.54. The summed E-state index contributed by atoms with van der Waals surface area (Å²) in [5, 5.41) is 21.1. The Bertz CT molecular complexity index is 3440. The average Bonchev–Trinajstić information content (AvgIpc) is 3.96. The maximum Gasteiger partial charge on any atom is 0.216 e. The number of rotatable bonds is 2. The molecule has 4 aromatic heterocycles. The van der Waals surface area contributed by atoms with Crippen molar-refractivity contribution in [2.45, 2.75) is 52.4 Å². The first kappa shape index (κ1) is 34.8. The van der Waals surface area contributed by atoms with E-state index < -0.39 is 10.8 Å². The van der Waals surface area contributed by atoms with Crippen molar-refractivity contribution in [3.05, 3.63) is 149 Å². The van der Waals surface area contributed by atoms with Gasteiger partial charge in [0.15, 0.2) is 0 Å². The van der Waals surface area contributed by atoms with Gasteiger partial charge in [0.25, 0.3) is 0 Å². The summed E-state index contributed by atoms with van der Waals surface area (Å²) in [6.45, 7) is 22.3. The van der Waals surface area contributed by atoms with Gasteiger partial charge in [-0.15, -0.1) is 22.7 Å². The summed E-state index contributed by atoms with van der Waals surface area (Å²) < 4.78 is 9.65. The van der Waals surface area contributed by atoms with Gasteiger partial charge < -0.3 is 9.13 Å². The van der Waals surface area contributed by atoms with Gasteiger partial charge in [0.05, 0.1) is 55.0 Å². The third kappa shape index (κ3) is 4.59. The number of nitrogens with zero attached hydrogens (tertiary/aromatic N) is 4. The minimum Gasteiger partial charge on any atom is -0.317 e. The Morgan fingerprint density at radius 2 is 0.914 bits per heavy atom. The lowest BCUT2D eigenvalue weighted by atomic mass is 9.75. The lowest BCUT2D eigenvalue weighted by Crippen LogP contribution is -2.24. The highest BCUT2D eigenvalue weighted by Gasteiger charge is 2.38. The van der Waals surface area contributed by atoms with E-state index in [0.29, 0.717) is 11.3 Å². The maximum atomic E-state index is 11.7. The Hall–Kier alpha value is -6.44.